The van der Waals surface area contributed by atoms with E-state index >= 15 is 0 Å². The van der Waals surface area contributed by atoms with Gasteiger partial charge in [-0.2, -0.15) is 0 Å². The fraction of sp³-hybridized carbons (Fsp3) is 0.222. The Labute approximate surface area is 98.5 Å². The van der Waals surface area contributed by atoms with Crippen LogP contribution >= 0.6 is 39.0 Å². The van der Waals surface area contributed by atoms with Gasteiger partial charge in [0.15, 0.2) is 0 Å². The molecule has 0 unspecified atom stereocenters. The molecule has 1 N–H and O–H groups in total. The fourth-order valence-corrected chi connectivity index (χ4v) is 3.49. The third-order valence-corrected chi connectivity index (χ3v) is 4.39. The minimum atomic E-state index is 0.190. The molecule has 0 fully saturated rings. The van der Waals surface area contributed by atoms with Crippen molar-refractivity contribution in [2.24, 2.45) is 0 Å². The van der Waals surface area contributed by atoms with Crippen LogP contribution < -0.4 is 0 Å². The molecule has 0 radical (unpaired) electrons. The minimum Gasteiger partial charge on any atom is -0.396 e. The van der Waals surface area contributed by atoms with E-state index in [0.717, 1.165) is 9.50 Å². The first kappa shape index (κ1) is 10.4. The van der Waals surface area contributed by atoms with Gasteiger partial charge in [-0.1, -0.05) is 0 Å². The molecule has 0 spiro atoms. The SMILES string of the molecule is OCCSc1ncc(Br)c2ccsc12. The molecule has 0 bridgehead atoms. The summed E-state index contributed by atoms with van der Waals surface area (Å²) in [6.07, 6.45) is 1.81. The number of rotatable bonds is 3. The lowest BCUT2D eigenvalue weighted by Gasteiger charge is -2.01. The molecule has 2 nitrogen and oxygen atoms in total. The van der Waals surface area contributed by atoms with Crippen LogP contribution in [-0.2, 0) is 0 Å². The maximum atomic E-state index is 8.75. The molecule has 0 saturated carbocycles. The molecule has 0 aromatic carbocycles. The lowest BCUT2D eigenvalue weighted by molar-refractivity contribution is 0.322. The van der Waals surface area contributed by atoms with Gasteiger partial charge in [0.25, 0.3) is 0 Å². The molecular formula is C9H8BrNOS2. The van der Waals surface area contributed by atoms with E-state index < -0.39 is 0 Å². The zero-order chi connectivity index (χ0) is 9.97. The van der Waals surface area contributed by atoms with E-state index in [2.05, 4.69) is 32.4 Å². The lowest BCUT2D eigenvalue weighted by Crippen LogP contribution is -1.88. The van der Waals surface area contributed by atoms with Gasteiger partial charge in [0.2, 0.25) is 0 Å². The van der Waals surface area contributed by atoms with Gasteiger partial charge in [-0.05, 0) is 27.4 Å². The Balaban J connectivity index is 2.45. The predicted octanol–water partition coefficient (Wildman–Crippen LogP) is 3.14. The number of nitrogens with zero attached hydrogens (tertiary/aromatic N) is 1. The molecule has 14 heavy (non-hydrogen) atoms. The van der Waals surface area contributed by atoms with E-state index in [1.807, 2.05) is 6.20 Å². The number of aliphatic hydroxyl groups is 1. The first-order valence-corrected chi connectivity index (χ1v) is 6.74. The van der Waals surface area contributed by atoms with Gasteiger partial charge in [0.05, 0.1) is 11.3 Å². The zero-order valence-corrected chi connectivity index (χ0v) is 10.5. The highest BCUT2D eigenvalue weighted by molar-refractivity contribution is 9.10. The first-order valence-electron chi connectivity index (χ1n) is 4.08. The van der Waals surface area contributed by atoms with Gasteiger partial charge in [-0.3, -0.25) is 0 Å². The number of fused-ring (bicyclic) bond motifs is 1. The summed E-state index contributed by atoms with van der Waals surface area (Å²) in [6.45, 7) is 0.190. The van der Waals surface area contributed by atoms with Crippen molar-refractivity contribution in [3.63, 3.8) is 0 Å². The van der Waals surface area contributed by atoms with Gasteiger partial charge in [0, 0.05) is 21.8 Å². The zero-order valence-electron chi connectivity index (χ0n) is 7.24. The predicted molar refractivity (Wildman–Crippen MR) is 65.1 cm³/mol. The second-order valence-corrected chi connectivity index (χ2v) is 5.50. The Hall–Kier alpha value is -0.100. The maximum Gasteiger partial charge on any atom is 0.114 e. The Morgan fingerprint density at radius 1 is 1.57 bits per heavy atom. The van der Waals surface area contributed by atoms with Crippen LogP contribution in [0.1, 0.15) is 0 Å². The molecule has 74 valence electrons. The number of thiophene rings is 1. The second-order valence-electron chi connectivity index (χ2n) is 2.65. The first-order chi connectivity index (χ1) is 6.83. The van der Waals surface area contributed by atoms with Gasteiger partial charge < -0.3 is 5.11 Å². The van der Waals surface area contributed by atoms with Crippen molar-refractivity contribution in [3.05, 3.63) is 22.1 Å². The number of pyridine rings is 1. The molecular weight excluding hydrogens is 282 g/mol. The number of halogens is 1. The van der Waals surface area contributed by atoms with Crippen molar-refractivity contribution in [1.82, 2.24) is 4.98 Å². The average Bonchev–Trinajstić information content (AvgIpc) is 2.66. The monoisotopic (exact) mass is 289 g/mol. The third kappa shape index (κ3) is 1.95. The fourth-order valence-electron chi connectivity index (χ4n) is 1.15. The normalized spacial score (nSPS) is 11.0. The average molecular weight is 290 g/mol. The smallest absolute Gasteiger partial charge is 0.114 e. The van der Waals surface area contributed by atoms with E-state index in [1.54, 1.807) is 23.1 Å². The quantitative estimate of drug-likeness (QED) is 0.882. The van der Waals surface area contributed by atoms with Crippen molar-refractivity contribution < 1.29 is 5.11 Å². The van der Waals surface area contributed by atoms with Crippen molar-refractivity contribution in [3.8, 4) is 0 Å². The summed E-state index contributed by atoms with van der Waals surface area (Å²) in [4.78, 5) is 4.33. The van der Waals surface area contributed by atoms with E-state index in [4.69, 9.17) is 5.11 Å². The third-order valence-electron chi connectivity index (χ3n) is 1.74. The molecule has 0 aliphatic rings. The lowest BCUT2D eigenvalue weighted by atomic mass is 10.3. The van der Waals surface area contributed by atoms with Crippen LogP contribution in [0.3, 0.4) is 0 Å². The highest BCUT2D eigenvalue weighted by Crippen LogP contribution is 2.34. The van der Waals surface area contributed by atoms with Crippen molar-refractivity contribution in [2.45, 2.75) is 5.03 Å². The summed E-state index contributed by atoms with van der Waals surface area (Å²) < 4.78 is 2.22. The summed E-state index contributed by atoms with van der Waals surface area (Å²) in [6, 6.07) is 2.08. The largest absolute Gasteiger partial charge is 0.396 e. The number of thioether (sulfide) groups is 1. The van der Waals surface area contributed by atoms with Gasteiger partial charge in [-0.25, -0.2) is 4.98 Å². The summed E-state index contributed by atoms with van der Waals surface area (Å²) in [7, 11) is 0. The standard InChI is InChI=1S/C9H8BrNOS2/c10-7-5-11-9(14-4-2-12)8-6(7)1-3-13-8/h1,3,5,12H,2,4H2. The molecule has 5 heteroatoms. The summed E-state index contributed by atoms with van der Waals surface area (Å²) >= 11 is 6.74. The van der Waals surface area contributed by atoms with Crippen LogP contribution in [0.15, 0.2) is 27.1 Å². The molecule has 0 aliphatic carbocycles. The van der Waals surface area contributed by atoms with Gasteiger partial charge in [0.1, 0.15) is 5.03 Å². The van der Waals surface area contributed by atoms with E-state index in [-0.39, 0.29) is 6.61 Å². The molecule has 0 amide bonds. The molecule has 0 aliphatic heterocycles. The summed E-state index contributed by atoms with van der Waals surface area (Å²) in [5.74, 6) is 0.696. The Kier molecular flexibility index (Phi) is 3.43. The highest BCUT2D eigenvalue weighted by Gasteiger charge is 2.07. The topological polar surface area (TPSA) is 33.1 Å². The summed E-state index contributed by atoms with van der Waals surface area (Å²) in [5, 5.41) is 13.0. The van der Waals surface area contributed by atoms with Crippen LogP contribution in [0, 0.1) is 0 Å². The Morgan fingerprint density at radius 2 is 2.43 bits per heavy atom. The van der Waals surface area contributed by atoms with Crippen molar-refractivity contribution in [1.29, 1.82) is 0 Å². The second kappa shape index (κ2) is 4.61. The van der Waals surface area contributed by atoms with Crippen LogP contribution in [0.4, 0.5) is 0 Å². The number of aromatic nitrogens is 1. The van der Waals surface area contributed by atoms with Crippen LogP contribution in [0.25, 0.3) is 10.1 Å². The molecule has 0 saturated heterocycles. The van der Waals surface area contributed by atoms with Gasteiger partial charge >= 0.3 is 0 Å². The maximum absolute atomic E-state index is 8.75. The molecule has 2 heterocycles. The number of hydrogen-bond acceptors (Lipinski definition) is 4. The van der Waals surface area contributed by atoms with Crippen molar-refractivity contribution >= 4 is 49.1 Å². The van der Waals surface area contributed by atoms with Gasteiger partial charge in [-0.15, -0.1) is 23.1 Å². The van der Waals surface area contributed by atoms with E-state index in [1.165, 1.54) is 10.1 Å². The highest BCUT2D eigenvalue weighted by atomic mass is 79.9. The summed E-state index contributed by atoms with van der Waals surface area (Å²) in [5.41, 5.74) is 0. The Bertz CT molecular complexity index is 443. The molecule has 2 rings (SSSR count). The van der Waals surface area contributed by atoms with Crippen LogP contribution in [0.2, 0.25) is 0 Å². The molecule has 2 aromatic heterocycles. The number of aliphatic hydroxyl groups excluding tert-OH is 1. The van der Waals surface area contributed by atoms with E-state index in [9.17, 15) is 0 Å². The minimum absolute atomic E-state index is 0.190. The Morgan fingerprint density at radius 3 is 3.21 bits per heavy atom. The molecule has 0 atom stereocenters. The van der Waals surface area contributed by atoms with Crippen molar-refractivity contribution in [2.75, 3.05) is 12.4 Å². The van der Waals surface area contributed by atoms with Crippen LogP contribution in [0.5, 0.6) is 0 Å². The van der Waals surface area contributed by atoms with E-state index in [0.29, 0.717) is 5.75 Å². The molecule has 2 aromatic rings. The number of hydrogen-bond donors (Lipinski definition) is 1. The van der Waals surface area contributed by atoms with Crippen LogP contribution in [-0.4, -0.2) is 22.5 Å².